The van der Waals surface area contributed by atoms with Crippen LogP contribution in [0.4, 0.5) is 0 Å². The smallest absolute Gasteiger partial charge is 0.311 e. The highest BCUT2D eigenvalue weighted by molar-refractivity contribution is 6.03. The molecule has 0 radical (unpaired) electrons. The molecule has 1 spiro atoms. The summed E-state index contributed by atoms with van der Waals surface area (Å²) in [4.78, 5) is 51.0. The molecular formula is C25H34O7. The third-order valence-corrected chi connectivity index (χ3v) is 9.40. The van der Waals surface area contributed by atoms with Crippen LogP contribution in [0.2, 0.25) is 0 Å². The molecule has 4 aliphatic carbocycles. The first-order chi connectivity index (χ1) is 14.9. The minimum atomic E-state index is -0.885. The van der Waals surface area contributed by atoms with Crippen LogP contribution in [-0.2, 0) is 33.4 Å². The van der Waals surface area contributed by atoms with Gasteiger partial charge in [-0.3, -0.25) is 19.2 Å². The van der Waals surface area contributed by atoms with Crippen LogP contribution in [0.5, 0.6) is 0 Å². The summed E-state index contributed by atoms with van der Waals surface area (Å²) in [6, 6.07) is 0. The van der Waals surface area contributed by atoms with Crippen LogP contribution in [0.3, 0.4) is 0 Å². The standard InChI is InChI=1S/C25H34O7/c1-13-16-7-8-17-24(5)18(11-20(32-15(3)27)25(17,12-16)21(13)28)23(4,22(29)30-6)10-9-19(24)31-14(2)26/h16-20H,1,7-12H2,2-6H3/t16-,17-,18+,19-,20-,23+,24-,25+/m0/s1. The summed E-state index contributed by atoms with van der Waals surface area (Å²) >= 11 is 0. The lowest BCUT2D eigenvalue weighted by atomic mass is 9.39. The van der Waals surface area contributed by atoms with Gasteiger partial charge in [-0.1, -0.05) is 13.5 Å². The van der Waals surface area contributed by atoms with Gasteiger partial charge in [-0.25, -0.2) is 0 Å². The van der Waals surface area contributed by atoms with Gasteiger partial charge in [0.05, 0.1) is 17.9 Å². The molecule has 32 heavy (non-hydrogen) atoms. The molecule has 0 heterocycles. The van der Waals surface area contributed by atoms with Crippen molar-refractivity contribution in [1.29, 1.82) is 0 Å². The highest BCUT2D eigenvalue weighted by Crippen LogP contribution is 2.72. The quantitative estimate of drug-likeness (QED) is 0.372. The van der Waals surface area contributed by atoms with Gasteiger partial charge in [0.2, 0.25) is 0 Å². The Morgan fingerprint density at radius 2 is 1.59 bits per heavy atom. The van der Waals surface area contributed by atoms with Crippen LogP contribution in [0.15, 0.2) is 12.2 Å². The molecule has 0 N–H and O–H groups in total. The lowest BCUT2D eigenvalue weighted by Gasteiger charge is -2.65. The Balaban J connectivity index is 1.91. The number of fused-ring (bicyclic) bond motifs is 3. The maximum atomic E-state index is 13.7. The second-order valence-corrected chi connectivity index (χ2v) is 10.7. The Labute approximate surface area is 189 Å². The predicted molar refractivity (Wildman–Crippen MR) is 114 cm³/mol. The molecular weight excluding hydrogens is 412 g/mol. The van der Waals surface area contributed by atoms with Gasteiger partial charge in [0.1, 0.15) is 12.2 Å². The van der Waals surface area contributed by atoms with Crippen LogP contribution < -0.4 is 0 Å². The van der Waals surface area contributed by atoms with E-state index >= 15 is 0 Å². The van der Waals surface area contributed by atoms with Crippen molar-refractivity contribution in [1.82, 2.24) is 0 Å². The average Bonchev–Trinajstić information content (AvgIpc) is 2.91. The van der Waals surface area contributed by atoms with Crippen molar-refractivity contribution in [3.8, 4) is 0 Å². The minimum Gasteiger partial charge on any atom is -0.469 e. The second kappa shape index (κ2) is 7.42. The van der Waals surface area contributed by atoms with Gasteiger partial charge < -0.3 is 14.2 Å². The molecule has 7 nitrogen and oxygen atoms in total. The van der Waals surface area contributed by atoms with Crippen LogP contribution in [-0.4, -0.2) is 43.0 Å². The van der Waals surface area contributed by atoms with Crippen LogP contribution in [0, 0.1) is 34.0 Å². The molecule has 0 aromatic rings. The number of Topliss-reactive ketones (excluding diaryl/α,β-unsaturated/α-hetero) is 1. The SMILES string of the molecule is C=C1C(=O)[C@]23C[C@@H]1CC[C@H]2[C@]1(C)[C@@H](OC(C)=O)CC[C@@](C)(C(=O)OC)[C@H]1C[C@@H]3OC(C)=O. The van der Waals surface area contributed by atoms with E-state index in [1.54, 1.807) is 0 Å². The van der Waals surface area contributed by atoms with E-state index < -0.39 is 34.4 Å². The highest BCUT2D eigenvalue weighted by atomic mass is 16.6. The topological polar surface area (TPSA) is 96.0 Å². The summed E-state index contributed by atoms with van der Waals surface area (Å²) < 4.78 is 16.9. The van der Waals surface area contributed by atoms with Gasteiger partial charge in [-0.2, -0.15) is 0 Å². The van der Waals surface area contributed by atoms with Gasteiger partial charge in [-0.05, 0) is 68.8 Å². The predicted octanol–water partition coefficient (Wildman–Crippen LogP) is 3.39. The minimum absolute atomic E-state index is 0.0251. The molecule has 4 saturated carbocycles. The summed E-state index contributed by atoms with van der Waals surface area (Å²) in [5.74, 6) is -1.55. The molecule has 4 rings (SSSR count). The maximum Gasteiger partial charge on any atom is 0.311 e. The molecule has 0 aliphatic heterocycles. The number of hydrogen-bond donors (Lipinski definition) is 0. The Hall–Kier alpha value is -2.18. The number of methoxy groups -OCH3 is 1. The Morgan fingerprint density at radius 3 is 2.19 bits per heavy atom. The van der Waals surface area contributed by atoms with Crippen molar-refractivity contribution in [2.75, 3.05) is 7.11 Å². The van der Waals surface area contributed by atoms with Gasteiger partial charge in [0, 0.05) is 19.3 Å². The molecule has 0 amide bonds. The lowest BCUT2D eigenvalue weighted by Crippen LogP contribution is -2.69. The molecule has 0 saturated heterocycles. The zero-order valence-corrected chi connectivity index (χ0v) is 19.7. The van der Waals surface area contributed by atoms with E-state index in [2.05, 4.69) is 13.5 Å². The van der Waals surface area contributed by atoms with Gasteiger partial charge >= 0.3 is 17.9 Å². The van der Waals surface area contributed by atoms with Gasteiger partial charge in [-0.15, -0.1) is 0 Å². The molecule has 4 fully saturated rings. The number of esters is 3. The van der Waals surface area contributed by atoms with E-state index in [1.807, 2.05) is 6.92 Å². The fourth-order valence-electron chi connectivity index (χ4n) is 8.13. The van der Waals surface area contributed by atoms with E-state index in [-0.39, 0.29) is 35.5 Å². The summed E-state index contributed by atoms with van der Waals surface area (Å²) in [6.07, 6.45) is 2.43. The van der Waals surface area contributed by atoms with E-state index in [9.17, 15) is 19.2 Å². The normalized spacial score (nSPS) is 44.8. The lowest BCUT2D eigenvalue weighted by molar-refractivity contribution is -0.245. The first-order valence-corrected chi connectivity index (χ1v) is 11.6. The number of carbonyl (C=O) groups excluding carboxylic acids is 4. The first-order valence-electron chi connectivity index (χ1n) is 11.6. The average molecular weight is 447 g/mol. The second-order valence-electron chi connectivity index (χ2n) is 10.7. The van der Waals surface area contributed by atoms with Crippen molar-refractivity contribution in [3.63, 3.8) is 0 Å². The van der Waals surface area contributed by atoms with Crippen molar-refractivity contribution >= 4 is 23.7 Å². The van der Waals surface area contributed by atoms with E-state index in [1.165, 1.54) is 21.0 Å². The van der Waals surface area contributed by atoms with Crippen LogP contribution in [0.25, 0.3) is 0 Å². The molecule has 0 aromatic heterocycles. The molecule has 8 atom stereocenters. The third kappa shape index (κ3) is 2.85. The van der Waals surface area contributed by atoms with Crippen molar-refractivity contribution in [3.05, 3.63) is 12.2 Å². The van der Waals surface area contributed by atoms with Crippen molar-refractivity contribution < 1.29 is 33.4 Å². The van der Waals surface area contributed by atoms with Crippen molar-refractivity contribution in [2.24, 2.45) is 34.0 Å². The summed E-state index contributed by atoms with van der Waals surface area (Å²) in [5, 5.41) is 0. The van der Waals surface area contributed by atoms with E-state index in [0.717, 1.165) is 12.8 Å². The van der Waals surface area contributed by atoms with E-state index in [0.29, 0.717) is 31.3 Å². The Morgan fingerprint density at radius 1 is 0.969 bits per heavy atom. The fraction of sp³-hybridized carbons (Fsp3) is 0.760. The number of allylic oxidation sites excluding steroid dienone is 1. The van der Waals surface area contributed by atoms with Crippen LogP contribution in [0.1, 0.15) is 66.2 Å². The monoisotopic (exact) mass is 446 g/mol. The largest absolute Gasteiger partial charge is 0.469 e. The fourth-order valence-corrected chi connectivity index (χ4v) is 8.13. The zero-order valence-electron chi connectivity index (χ0n) is 19.7. The van der Waals surface area contributed by atoms with Crippen LogP contribution >= 0.6 is 0 Å². The maximum absolute atomic E-state index is 13.7. The molecule has 4 aliphatic rings. The highest BCUT2D eigenvalue weighted by Gasteiger charge is 2.74. The molecule has 0 unspecified atom stereocenters. The van der Waals surface area contributed by atoms with E-state index in [4.69, 9.17) is 14.2 Å². The number of carbonyl (C=O) groups is 4. The number of ether oxygens (including phenoxy) is 3. The first kappa shape index (κ1) is 23.0. The zero-order chi connectivity index (χ0) is 23.6. The van der Waals surface area contributed by atoms with Gasteiger partial charge in [0.15, 0.2) is 5.78 Å². The third-order valence-electron chi connectivity index (χ3n) is 9.40. The number of rotatable bonds is 3. The van der Waals surface area contributed by atoms with Crippen molar-refractivity contribution in [2.45, 2.75) is 78.4 Å². The summed E-state index contributed by atoms with van der Waals surface area (Å²) in [6.45, 7) is 10.8. The number of ketones is 1. The Bertz CT molecular complexity index is 893. The molecule has 176 valence electrons. The number of hydrogen-bond acceptors (Lipinski definition) is 7. The summed E-state index contributed by atoms with van der Waals surface area (Å²) in [7, 11) is 1.38. The molecule has 2 bridgehead atoms. The Kier molecular flexibility index (Phi) is 5.33. The summed E-state index contributed by atoms with van der Waals surface area (Å²) in [5.41, 5.74) is -1.75. The van der Waals surface area contributed by atoms with Gasteiger partial charge in [0.25, 0.3) is 0 Å². The molecule has 7 heteroatoms. The molecule has 0 aromatic carbocycles.